The van der Waals surface area contributed by atoms with E-state index in [0.717, 1.165) is 5.56 Å². The molecule has 0 unspecified atom stereocenters. The van der Waals surface area contributed by atoms with Gasteiger partial charge in [0.25, 0.3) is 0 Å². The zero-order chi connectivity index (χ0) is 18.5. The van der Waals surface area contributed by atoms with Crippen LogP contribution in [0.2, 0.25) is 0 Å². The lowest BCUT2D eigenvalue weighted by atomic mass is 9.83. The topological polar surface area (TPSA) is 81.4 Å². The predicted molar refractivity (Wildman–Crippen MR) is 96.1 cm³/mol. The van der Waals surface area contributed by atoms with E-state index in [1.807, 2.05) is 30.3 Å². The van der Waals surface area contributed by atoms with Gasteiger partial charge in [0.15, 0.2) is 0 Å². The van der Waals surface area contributed by atoms with Gasteiger partial charge in [-0.1, -0.05) is 42.5 Å². The first-order valence-electron chi connectivity index (χ1n) is 8.66. The first-order chi connectivity index (χ1) is 12.6. The molecule has 26 heavy (non-hydrogen) atoms. The molecule has 1 aliphatic rings. The number of nitrogens with zero attached hydrogens (tertiary/aromatic N) is 2. The molecular weight excluding hydrogens is 328 g/mol. The second-order valence-electron chi connectivity index (χ2n) is 6.49. The van der Waals surface area contributed by atoms with E-state index in [2.05, 4.69) is 6.07 Å². The Hall–Kier alpha value is -3.13. The number of rotatable bonds is 5. The minimum absolute atomic E-state index is 0.0363. The monoisotopic (exact) mass is 348 g/mol. The second kappa shape index (κ2) is 7.83. The molecule has 132 valence electrons. The Bertz CT molecular complexity index is 842. The van der Waals surface area contributed by atoms with E-state index in [0.29, 0.717) is 30.5 Å². The van der Waals surface area contributed by atoms with Gasteiger partial charge in [0.2, 0.25) is 5.91 Å². The van der Waals surface area contributed by atoms with Gasteiger partial charge in [0.1, 0.15) is 0 Å². The molecule has 5 nitrogen and oxygen atoms in total. The number of carboxylic acid groups (broad SMARTS) is 1. The molecule has 2 aromatic carbocycles. The molecule has 0 saturated carbocycles. The lowest BCUT2D eigenvalue weighted by Gasteiger charge is -2.40. The van der Waals surface area contributed by atoms with Gasteiger partial charge >= 0.3 is 5.97 Å². The van der Waals surface area contributed by atoms with Crippen LogP contribution in [-0.2, 0) is 16.0 Å². The van der Waals surface area contributed by atoms with Crippen LogP contribution in [0, 0.1) is 17.2 Å². The molecule has 1 aliphatic heterocycles. The number of hydrogen-bond donors (Lipinski definition) is 1. The first-order valence-corrected chi connectivity index (χ1v) is 8.66. The van der Waals surface area contributed by atoms with Gasteiger partial charge in [0, 0.05) is 13.0 Å². The Kier molecular flexibility index (Phi) is 5.33. The molecule has 1 amide bonds. The van der Waals surface area contributed by atoms with Crippen LogP contribution in [0.5, 0.6) is 0 Å². The summed E-state index contributed by atoms with van der Waals surface area (Å²) < 4.78 is 0. The number of piperidine rings is 1. The molecule has 0 radical (unpaired) electrons. The number of aliphatic carboxylic acids is 1. The van der Waals surface area contributed by atoms with Crippen molar-refractivity contribution < 1.29 is 14.7 Å². The van der Waals surface area contributed by atoms with Crippen LogP contribution in [-0.4, -0.2) is 28.4 Å². The third-order valence-corrected chi connectivity index (χ3v) is 4.87. The maximum Gasteiger partial charge on any atom is 0.308 e. The largest absolute Gasteiger partial charge is 0.481 e. The van der Waals surface area contributed by atoms with Crippen LogP contribution in [0.1, 0.15) is 35.6 Å². The van der Waals surface area contributed by atoms with E-state index in [-0.39, 0.29) is 12.3 Å². The summed E-state index contributed by atoms with van der Waals surface area (Å²) in [5.41, 5.74) is 2.27. The highest BCUT2D eigenvalue weighted by Gasteiger charge is 2.40. The van der Waals surface area contributed by atoms with E-state index in [1.165, 1.54) is 0 Å². The first kappa shape index (κ1) is 17.7. The molecule has 2 atom stereocenters. The average molecular weight is 348 g/mol. The molecule has 3 rings (SSSR count). The standard InChI is InChI=1S/C21H20N2O3/c22-14-16-7-4-8-17(13-16)20-18(21(25)26)9-10-19(24)23(20)12-11-15-5-2-1-3-6-15/h1-8,13,18,20H,9-12H2,(H,25,26)/t18-,20+/m0/s1. The van der Waals surface area contributed by atoms with Crippen molar-refractivity contribution in [3.05, 3.63) is 71.3 Å². The average Bonchev–Trinajstić information content (AvgIpc) is 2.67. The molecule has 0 bridgehead atoms. The van der Waals surface area contributed by atoms with E-state index < -0.39 is 17.9 Å². The van der Waals surface area contributed by atoms with E-state index in [4.69, 9.17) is 5.26 Å². The van der Waals surface area contributed by atoms with Crippen molar-refractivity contribution >= 4 is 11.9 Å². The Morgan fingerprint density at radius 3 is 2.65 bits per heavy atom. The number of carbonyl (C=O) groups excluding carboxylic acids is 1. The lowest BCUT2D eigenvalue weighted by Crippen LogP contribution is -2.46. The van der Waals surface area contributed by atoms with Crippen molar-refractivity contribution in [1.82, 2.24) is 4.90 Å². The summed E-state index contributed by atoms with van der Waals surface area (Å²) in [5, 5.41) is 18.8. The van der Waals surface area contributed by atoms with Crippen LogP contribution in [0.15, 0.2) is 54.6 Å². The maximum absolute atomic E-state index is 12.6. The number of amides is 1. The van der Waals surface area contributed by atoms with E-state index in [1.54, 1.807) is 29.2 Å². The highest BCUT2D eigenvalue weighted by Crippen LogP contribution is 2.37. The van der Waals surface area contributed by atoms with Crippen molar-refractivity contribution in [1.29, 1.82) is 5.26 Å². The third kappa shape index (κ3) is 3.75. The maximum atomic E-state index is 12.6. The minimum atomic E-state index is -0.908. The smallest absolute Gasteiger partial charge is 0.308 e. The van der Waals surface area contributed by atoms with Gasteiger partial charge in [0.05, 0.1) is 23.6 Å². The molecule has 2 aromatic rings. The predicted octanol–water partition coefficient (Wildman–Crippen LogP) is 3.17. The number of benzene rings is 2. The van der Waals surface area contributed by atoms with Gasteiger partial charge in [-0.3, -0.25) is 9.59 Å². The van der Waals surface area contributed by atoms with Gasteiger partial charge in [-0.25, -0.2) is 0 Å². The summed E-state index contributed by atoms with van der Waals surface area (Å²) in [6.07, 6.45) is 1.21. The molecule has 0 aliphatic carbocycles. The summed E-state index contributed by atoms with van der Waals surface area (Å²) in [7, 11) is 0. The summed E-state index contributed by atoms with van der Waals surface area (Å²) >= 11 is 0. The molecule has 1 heterocycles. The Labute approximate surface area is 152 Å². The number of nitriles is 1. The van der Waals surface area contributed by atoms with Gasteiger partial charge in [-0.15, -0.1) is 0 Å². The molecule has 5 heteroatoms. The second-order valence-corrected chi connectivity index (χ2v) is 6.49. The zero-order valence-electron chi connectivity index (χ0n) is 14.3. The minimum Gasteiger partial charge on any atom is -0.481 e. The third-order valence-electron chi connectivity index (χ3n) is 4.87. The summed E-state index contributed by atoms with van der Waals surface area (Å²) in [6, 6.07) is 18.3. The fourth-order valence-corrected chi connectivity index (χ4v) is 3.57. The summed E-state index contributed by atoms with van der Waals surface area (Å²) in [4.78, 5) is 26.1. The van der Waals surface area contributed by atoms with Crippen LogP contribution in [0.4, 0.5) is 0 Å². The highest BCUT2D eigenvalue weighted by atomic mass is 16.4. The molecule has 0 spiro atoms. The van der Waals surface area contributed by atoms with Crippen LogP contribution in [0.3, 0.4) is 0 Å². The van der Waals surface area contributed by atoms with E-state index in [9.17, 15) is 14.7 Å². The van der Waals surface area contributed by atoms with Crippen molar-refractivity contribution in [2.45, 2.75) is 25.3 Å². The molecular formula is C21H20N2O3. The number of likely N-dealkylation sites (tertiary alicyclic amines) is 1. The Morgan fingerprint density at radius 2 is 1.96 bits per heavy atom. The number of carboxylic acids is 1. The molecule has 1 fully saturated rings. The van der Waals surface area contributed by atoms with Gasteiger partial charge < -0.3 is 10.0 Å². The number of hydrogen-bond acceptors (Lipinski definition) is 3. The SMILES string of the molecule is N#Cc1cccc([C@@H]2[C@@H](C(=O)O)CCC(=O)N2CCc2ccccc2)c1. The van der Waals surface area contributed by atoms with Gasteiger partial charge in [-0.05, 0) is 36.1 Å². The van der Waals surface area contributed by atoms with Crippen LogP contribution in [0.25, 0.3) is 0 Å². The Morgan fingerprint density at radius 1 is 1.19 bits per heavy atom. The zero-order valence-corrected chi connectivity index (χ0v) is 14.3. The lowest BCUT2D eigenvalue weighted by molar-refractivity contribution is -0.152. The highest BCUT2D eigenvalue weighted by molar-refractivity contribution is 5.81. The normalized spacial score (nSPS) is 19.8. The van der Waals surface area contributed by atoms with Crippen LogP contribution < -0.4 is 0 Å². The number of carbonyl (C=O) groups is 2. The van der Waals surface area contributed by atoms with Crippen molar-refractivity contribution in [3.8, 4) is 6.07 Å². The van der Waals surface area contributed by atoms with Crippen molar-refractivity contribution in [3.63, 3.8) is 0 Å². The Balaban J connectivity index is 1.92. The van der Waals surface area contributed by atoms with Crippen LogP contribution >= 0.6 is 0 Å². The molecule has 0 aromatic heterocycles. The fraction of sp³-hybridized carbons (Fsp3) is 0.286. The molecule has 1 N–H and O–H groups in total. The fourth-order valence-electron chi connectivity index (χ4n) is 3.57. The van der Waals surface area contributed by atoms with Crippen molar-refractivity contribution in [2.24, 2.45) is 5.92 Å². The van der Waals surface area contributed by atoms with E-state index >= 15 is 0 Å². The van der Waals surface area contributed by atoms with Gasteiger partial charge in [-0.2, -0.15) is 5.26 Å². The molecule has 1 saturated heterocycles. The van der Waals surface area contributed by atoms with Crippen molar-refractivity contribution in [2.75, 3.05) is 6.54 Å². The summed E-state index contributed by atoms with van der Waals surface area (Å²) in [6.45, 7) is 0.452. The summed E-state index contributed by atoms with van der Waals surface area (Å²) in [5.74, 6) is -1.61. The quantitative estimate of drug-likeness (QED) is 0.900.